The number of imidazole rings is 1. The highest BCUT2D eigenvalue weighted by molar-refractivity contribution is 6.06. The van der Waals surface area contributed by atoms with E-state index in [1.54, 1.807) is 0 Å². The Kier molecular flexibility index (Phi) is 1.11. The van der Waals surface area contributed by atoms with Gasteiger partial charge < -0.3 is 0 Å². The molecule has 19 heavy (non-hydrogen) atoms. The molecule has 4 aromatic rings. The topological polar surface area (TPSA) is 16.1 Å². The smallest absolute Gasteiger partial charge is 0.225 e. The second-order valence-electron chi connectivity index (χ2n) is 5.51. The predicted octanol–water partition coefficient (Wildman–Crippen LogP) is 0.289. The third kappa shape index (κ3) is 0.748. The average Bonchev–Trinajstić information content (AvgIpc) is 3.07. The third-order valence-corrected chi connectivity index (χ3v) is 4.60. The van der Waals surface area contributed by atoms with Crippen LogP contribution in [0.15, 0.2) is 43.0 Å². The average molecular weight is 247 g/mol. The van der Waals surface area contributed by atoms with Gasteiger partial charge in [-0.1, -0.05) is 0 Å². The van der Waals surface area contributed by atoms with Gasteiger partial charge in [-0.05, 0) is 6.07 Å². The van der Waals surface area contributed by atoms with E-state index in [0.717, 1.165) is 13.2 Å². The molecular weight excluding hydrogens is 236 g/mol. The molecule has 0 aliphatic carbocycles. The first-order valence-electron chi connectivity index (χ1n) is 6.61. The zero-order valence-electron chi connectivity index (χ0n) is 10.2. The van der Waals surface area contributed by atoms with E-state index in [2.05, 4.69) is 61.1 Å². The van der Waals surface area contributed by atoms with Gasteiger partial charge >= 0.3 is 23.3 Å². The maximum absolute atomic E-state index is 2.36. The molecule has 0 unspecified atom stereocenters. The van der Waals surface area contributed by atoms with Crippen LogP contribution in [0, 0.1) is 0 Å². The molecule has 6 heterocycles. The Morgan fingerprint density at radius 3 is 2.89 bits per heavy atom. The molecular formula is C15H11N4+3. The number of hydrogen-bond acceptors (Lipinski definition) is 0. The van der Waals surface area contributed by atoms with Gasteiger partial charge in [0.2, 0.25) is 5.52 Å². The quantitative estimate of drug-likeness (QED) is 0.271. The summed E-state index contributed by atoms with van der Waals surface area (Å²) in [5.74, 6) is 0. The van der Waals surface area contributed by atoms with Crippen LogP contribution in [0.1, 0.15) is 5.56 Å². The van der Waals surface area contributed by atoms with Crippen LogP contribution in [-0.4, -0.2) is 4.40 Å². The zero-order chi connectivity index (χ0) is 12.1. The standard InChI is InChI=1S/C15H11N4/c1-2-11-13-14-12-10(3-5-18(14)9-17(13)4-1)8-16-6-7-19(11)15(12)16/h1-7H,8-9H2/q+3. The van der Waals surface area contributed by atoms with Gasteiger partial charge in [-0.25, -0.2) is 4.57 Å². The van der Waals surface area contributed by atoms with Crippen LogP contribution in [0.25, 0.3) is 27.6 Å². The van der Waals surface area contributed by atoms with Gasteiger partial charge in [-0.3, -0.25) is 0 Å². The van der Waals surface area contributed by atoms with Gasteiger partial charge in [-0.15, -0.1) is 9.13 Å². The normalized spacial score (nSPS) is 14.9. The number of fused-ring (bicyclic) bond motifs is 1. The first-order chi connectivity index (χ1) is 9.42. The minimum absolute atomic E-state index is 0.927. The molecule has 4 nitrogen and oxygen atoms in total. The predicted molar refractivity (Wildman–Crippen MR) is 67.5 cm³/mol. The molecule has 0 aromatic carbocycles. The molecule has 2 aliphatic heterocycles. The molecule has 2 aliphatic rings. The van der Waals surface area contributed by atoms with Crippen molar-refractivity contribution >= 4 is 27.6 Å². The highest BCUT2D eigenvalue weighted by atomic mass is 15.2. The van der Waals surface area contributed by atoms with Gasteiger partial charge in [-0.2, -0.15) is 4.40 Å². The molecule has 0 atom stereocenters. The minimum atomic E-state index is 0.927. The molecule has 0 fully saturated rings. The molecule has 4 heteroatoms. The molecule has 0 saturated heterocycles. The van der Waals surface area contributed by atoms with Crippen molar-refractivity contribution in [2.45, 2.75) is 13.2 Å². The molecule has 0 spiro atoms. The van der Waals surface area contributed by atoms with Crippen molar-refractivity contribution in [3.63, 3.8) is 0 Å². The van der Waals surface area contributed by atoms with E-state index in [-0.39, 0.29) is 0 Å². The Hall–Kier alpha value is -2.49. The van der Waals surface area contributed by atoms with Gasteiger partial charge in [0.1, 0.15) is 18.9 Å². The second-order valence-corrected chi connectivity index (χ2v) is 5.51. The maximum Gasteiger partial charge on any atom is 0.345 e. The molecule has 4 aromatic heterocycles. The first kappa shape index (κ1) is 8.58. The minimum Gasteiger partial charge on any atom is -0.225 e. The number of nitrogens with zero attached hydrogens (tertiary/aromatic N) is 4. The van der Waals surface area contributed by atoms with Gasteiger partial charge in [0.15, 0.2) is 17.8 Å². The molecule has 6 rings (SSSR count). The largest absolute Gasteiger partial charge is 0.345 e. The summed E-state index contributed by atoms with van der Waals surface area (Å²) in [5, 5.41) is 1.43. The SMILES string of the molecule is c1cc2c3c4c5c(cc[n+]4C[n+]3c1)C[n+]1ccn2c51. The van der Waals surface area contributed by atoms with E-state index in [1.807, 2.05) is 0 Å². The lowest BCUT2D eigenvalue weighted by atomic mass is 10.1. The molecule has 0 saturated carbocycles. The highest BCUT2D eigenvalue weighted by Crippen LogP contribution is 2.30. The summed E-state index contributed by atoms with van der Waals surface area (Å²) < 4.78 is 9.39. The van der Waals surface area contributed by atoms with Crippen LogP contribution < -0.4 is 13.7 Å². The van der Waals surface area contributed by atoms with Crippen LogP contribution in [-0.2, 0) is 13.2 Å². The van der Waals surface area contributed by atoms with Crippen molar-refractivity contribution in [3.8, 4) is 0 Å². The van der Waals surface area contributed by atoms with E-state index >= 15 is 0 Å². The van der Waals surface area contributed by atoms with E-state index < -0.39 is 0 Å². The van der Waals surface area contributed by atoms with Crippen molar-refractivity contribution in [3.05, 3.63) is 48.5 Å². The van der Waals surface area contributed by atoms with Gasteiger partial charge in [0.05, 0.1) is 0 Å². The summed E-state index contributed by atoms with van der Waals surface area (Å²) in [6.07, 6.45) is 8.79. The maximum atomic E-state index is 2.36. The van der Waals surface area contributed by atoms with Crippen LogP contribution in [0.5, 0.6) is 0 Å². The Morgan fingerprint density at radius 2 is 1.89 bits per heavy atom. The van der Waals surface area contributed by atoms with E-state index in [4.69, 9.17) is 0 Å². The molecule has 88 valence electrons. The fraction of sp³-hybridized carbons (Fsp3) is 0.133. The number of pyridine rings is 3. The summed E-state index contributed by atoms with van der Waals surface area (Å²) in [7, 11) is 0. The lowest BCUT2D eigenvalue weighted by Crippen LogP contribution is -2.45. The third-order valence-electron chi connectivity index (χ3n) is 4.60. The lowest BCUT2D eigenvalue weighted by molar-refractivity contribution is -0.872. The van der Waals surface area contributed by atoms with Gasteiger partial charge in [0, 0.05) is 17.7 Å². The van der Waals surface area contributed by atoms with Crippen molar-refractivity contribution < 1.29 is 13.7 Å². The van der Waals surface area contributed by atoms with E-state index in [9.17, 15) is 0 Å². The zero-order valence-corrected chi connectivity index (χ0v) is 10.2. The van der Waals surface area contributed by atoms with Crippen LogP contribution in [0.2, 0.25) is 0 Å². The van der Waals surface area contributed by atoms with Gasteiger partial charge in [0.25, 0.3) is 0 Å². The Labute approximate surface area is 108 Å². The number of rotatable bonds is 0. The fourth-order valence-corrected chi connectivity index (χ4v) is 3.86. The molecule has 0 bridgehead atoms. The molecule has 0 N–H and O–H groups in total. The monoisotopic (exact) mass is 247 g/mol. The summed E-state index contributed by atoms with van der Waals surface area (Å²) >= 11 is 0. The van der Waals surface area contributed by atoms with E-state index in [1.165, 1.54) is 33.1 Å². The second kappa shape index (κ2) is 2.45. The summed E-state index contributed by atoms with van der Waals surface area (Å²) in [6, 6.07) is 6.63. The number of aromatic nitrogens is 4. The summed E-state index contributed by atoms with van der Waals surface area (Å²) in [5.41, 5.74) is 6.83. The lowest BCUT2D eigenvalue weighted by Gasteiger charge is -1.92. The Morgan fingerprint density at radius 1 is 0.947 bits per heavy atom. The van der Waals surface area contributed by atoms with Crippen molar-refractivity contribution in [2.75, 3.05) is 0 Å². The molecule has 0 radical (unpaired) electrons. The number of hydrogen-bond donors (Lipinski definition) is 0. The molecule has 0 amide bonds. The van der Waals surface area contributed by atoms with Crippen LogP contribution in [0.3, 0.4) is 0 Å². The van der Waals surface area contributed by atoms with Crippen molar-refractivity contribution in [2.24, 2.45) is 0 Å². The summed E-state index contributed by atoms with van der Waals surface area (Å²) in [4.78, 5) is 0. The Balaban J connectivity index is 2.17. The van der Waals surface area contributed by atoms with Crippen molar-refractivity contribution in [1.82, 2.24) is 4.40 Å². The highest BCUT2D eigenvalue weighted by Gasteiger charge is 2.40. The van der Waals surface area contributed by atoms with E-state index in [0.29, 0.717) is 0 Å². The Bertz CT molecular complexity index is 1060. The van der Waals surface area contributed by atoms with Crippen molar-refractivity contribution in [1.29, 1.82) is 0 Å². The summed E-state index contributed by atoms with van der Waals surface area (Å²) in [6.45, 7) is 1.93. The first-order valence-corrected chi connectivity index (χ1v) is 6.61. The fourth-order valence-electron chi connectivity index (χ4n) is 3.86. The van der Waals surface area contributed by atoms with Crippen LogP contribution in [0.4, 0.5) is 0 Å². The van der Waals surface area contributed by atoms with Crippen LogP contribution >= 0.6 is 0 Å².